The van der Waals surface area contributed by atoms with Gasteiger partial charge in [-0.3, -0.25) is 4.79 Å². The van der Waals surface area contributed by atoms with Crippen molar-refractivity contribution in [2.24, 2.45) is 11.7 Å². The topological polar surface area (TPSA) is 55.1 Å². The Labute approximate surface area is 144 Å². The van der Waals surface area contributed by atoms with Gasteiger partial charge in [0.15, 0.2) is 0 Å². The minimum absolute atomic E-state index is 0.0703. The van der Waals surface area contributed by atoms with Crippen molar-refractivity contribution < 1.29 is 4.79 Å². The third kappa shape index (κ3) is 4.24. The van der Waals surface area contributed by atoms with Crippen LogP contribution in [-0.2, 0) is 4.79 Å². The number of amides is 1. The summed E-state index contributed by atoms with van der Waals surface area (Å²) in [6, 6.07) is 20.9. The lowest BCUT2D eigenvalue weighted by Gasteiger charge is -2.27. The summed E-state index contributed by atoms with van der Waals surface area (Å²) in [7, 11) is 0. The number of nitrogens with one attached hydrogen (secondary N) is 1. The summed E-state index contributed by atoms with van der Waals surface area (Å²) in [6.45, 7) is 0.624. The van der Waals surface area contributed by atoms with Gasteiger partial charge >= 0.3 is 0 Å². The third-order valence-electron chi connectivity index (χ3n) is 4.97. The van der Waals surface area contributed by atoms with Crippen LogP contribution in [0.1, 0.15) is 42.7 Å². The van der Waals surface area contributed by atoms with Crippen molar-refractivity contribution in [3.8, 4) is 0 Å². The molecule has 2 aromatic rings. The van der Waals surface area contributed by atoms with E-state index in [0.717, 1.165) is 25.7 Å². The van der Waals surface area contributed by atoms with Gasteiger partial charge in [0.25, 0.3) is 0 Å². The molecule has 1 fully saturated rings. The number of hydrogen-bond acceptors (Lipinski definition) is 2. The highest BCUT2D eigenvalue weighted by Gasteiger charge is 2.26. The predicted molar refractivity (Wildman–Crippen MR) is 97.7 cm³/mol. The summed E-state index contributed by atoms with van der Waals surface area (Å²) >= 11 is 0. The number of carbonyl (C=O) groups is 1. The largest absolute Gasteiger partial charge is 0.355 e. The maximum atomic E-state index is 12.5. The van der Waals surface area contributed by atoms with Gasteiger partial charge in [0, 0.05) is 24.4 Å². The average Bonchev–Trinajstić information content (AvgIpc) is 2.63. The molecule has 1 aliphatic rings. The molecular weight excluding hydrogens is 296 g/mol. The molecule has 0 spiro atoms. The fourth-order valence-electron chi connectivity index (χ4n) is 3.61. The molecule has 0 bridgehead atoms. The highest BCUT2D eigenvalue weighted by atomic mass is 16.1. The molecule has 0 aliphatic heterocycles. The molecule has 3 nitrogen and oxygen atoms in total. The van der Waals surface area contributed by atoms with Gasteiger partial charge in [0.05, 0.1) is 0 Å². The molecule has 24 heavy (non-hydrogen) atoms. The monoisotopic (exact) mass is 322 g/mol. The number of carbonyl (C=O) groups excluding carboxylic acids is 1. The highest BCUT2D eigenvalue weighted by molar-refractivity contribution is 5.78. The van der Waals surface area contributed by atoms with Crippen molar-refractivity contribution in [1.82, 2.24) is 5.32 Å². The van der Waals surface area contributed by atoms with Gasteiger partial charge < -0.3 is 11.1 Å². The number of hydrogen-bond donors (Lipinski definition) is 2. The van der Waals surface area contributed by atoms with Crippen LogP contribution in [-0.4, -0.2) is 18.5 Å². The van der Waals surface area contributed by atoms with Crippen LogP contribution in [0, 0.1) is 5.92 Å². The predicted octanol–water partition coefficient (Wildman–Crippen LogP) is 3.45. The Morgan fingerprint density at radius 1 is 1.00 bits per heavy atom. The molecule has 1 aliphatic carbocycles. The molecule has 0 aromatic heterocycles. The van der Waals surface area contributed by atoms with Crippen molar-refractivity contribution >= 4 is 5.91 Å². The number of benzene rings is 2. The summed E-state index contributed by atoms with van der Waals surface area (Å²) in [4.78, 5) is 12.5. The average molecular weight is 322 g/mol. The van der Waals surface area contributed by atoms with E-state index < -0.39 is 0 Å². The van der Waals surface area contributed by atoms with Gasteiger partial charge in [0.2, 0.25) is 5.91 Å². The van der Waals surface area contributed by atoms with Crippen LogP contribution in [0.5, 0.6) is 0 Å². The molecule has 3 N–H and O–H groups in total. The van der Waals surface area contributed by atoms with Crippen LogP contribution >= 0.6 is 0 Å². The zero-order valence-electron chi connectivity index (χ0n) is 14.0. The molecule has 2 atom stereocenters. The molecule has 3 rings (SSSR count). The van der Waals surface area contributed by atoms with Gasteiger partial charge in [0.1, 0.15) is 0 Å². The Kier molecular flexibility index (Phi) is 5.65. The van der Waals surface area contributed by atoms with E-state index >= 15 is 0 Å². The van der Waals surface area contributed by atoms with Gasteiger partial charge in [-0.15, -0.1) is 0 Å². The zero-order chi connectivity index (χ0) is 16.8. The van der Waals surface area contributed by atoms with E-state index in [1.807, 2.05) is 36.4 Å². The van der Waals surface area contributed by atoms with Crippen molar-refractivity contribution in [2.45, 2.75) is 37.6 Å². The van der Waals surface area contributed by atoms with Crippen LogP contribution in [0.15, 0.2) is 60.7 Å². The quantitative estimate of drug-likeness (QED) is 0.886. The van der Waals surface area contributed by atoms with E-state index in [2.05, 4.69) is 29.6 Å². The van der Waals surface area contributed by atoms with Gasteiger partial charge in [-0.1, -0.05) is 67.1 Å². The molecule has 0 heterocycles. The second-order valence-electron chi connectivity index (χ2n) is 6.74. The lowest BCUT2D eigenvalue weighted by molar-refractivity contribution is -0.126. The van der Waals surface area contributed by atoms with Crippen LogP contribution in [0.25, 0.3) is 0 Å². The van der Waals surface area contributed by atoms with Crippen LogP contribution < -0.4 is 11.1 Å². The SMILES string of the molecule is NC1CCCC(C(=O)NCC(c2ccccc2)c2ccccc2)C1. The Bertz CT molecular complexity index is 602. The molecule has 0 radical (unpaired) electrons. The lowest BCUT2D eigenvalue weighted by Crippen LogP contribution is -2.39. The molecule has 1 saturated carbocycles. The first-order chi connectivity index (χ1) is 11.7. The normalized spacial score (nSPS) is 20.8. The van der Waals surface area contributed by atoms with Gasteiger partial charge in [-0.2, -0.15) is 0 Å². The Morgan fingerprint density at radius 2 is 1.58 bits per heavy atom. The third-order valence-corrected chi connectivity index (χ3v) is 4.97. The van der Waals surface area contributed by atoms with Crippen molar-refractivity contribution in [2.75, 3.05) is 6.54 Å². The number of nitrogens with two attached hydrogens (primary N) is 1. The highest BCUT2D eigenvalue weighted by Crippen LogP contribution is 2.26. The Balaban J connectivity index is 1.69. The minimum Gasteiger partial charge on any atom is -0.355 e. The van der Waals surface area contributed by atoms with E-state index in [-0.39, 0.29) is 23.8 Å². The first-order valence-corrected chi connectivity index (χ1v) is 8.87. The summed E-state index contributed by atoms with van der Waals surface area (Å²) in [5, 5.41) is 3.18. The second kappa shape index (κ2) is 8.11. The molecule has 2 unspecified atom stereocenters. The first kappa shape index (κ1) is 16.7. The van der Waals surface area contributed by atoms with Crippen LogP contribution in [0.4, 0.5) is 0 Å². The van der Waals surface area contributed by atoms with E-state index in [1.165, 1.54) is 11.1 Å². The van der Waals surface area contributed by atoms with Crippen molar-refractivity contribution in [3.63, 3.8) is 0 Å². The molecule has 3 heteroatoms. The van der Waals surface area contributed by atoms with E-state index in [9.17, 15) is 4.79 Å². The summed E-state index contributed by atoms with van der Waals surface area (Å²) in [5.74, 6) is 0.400. The summed E-state index contributed by atoms with van der Waals surface area (Å²) in [5.41, 5.74) is 8.47. The van der Waals surface area contributed by atoms with Crippen molar-refractivity contribution in [3.05, 3.63) is 71.8 Å². The fourth-order valence-corrected chi connectivity index (χ4v) is 3.61. The molecular formula is C21H26N2O. The van der Waals surface area contributed by atoms with Gasteiger partial charge in [-0.25, -0.2) is 0 Å². The van der Waals surface area contributed by atoms with Gasteiger partial charge in [-0.05, 0) is 30.4 Å². The number of rotatable bonds is 5. The molecule has 126 valence electrons. The Morgan fingerprint density at radius 3 is 2.12 bits per heavy atom. The smallest absolute Gasteiger partial charge is 0.223 e. The minimum atomic E-state index is 0.0703. The zero-order valence-corrected chi connectivity index (χ0v) is 14.0. The van der Waals surface area contributed by atoms with Crippen LogP contribution in [0.2, 0.25) is 0 Å². The standard InChI is InChI=1S/C21H26N2O/c22-19-13-7-12-18(14-19)21(24)23-15-20(16-8-3-1-4-9-16)17-10-5-2-6-11-17/h1-6,8-11,18-20H,7,12-15,22H2,(H,23,24). The second-order valence-corrected chi connectivity index (χ2v) is 6.74. The van der Waals surface area contributed by atoms with E-state index in [0.29, 0.717) is 6.54 Å². The summed E-state index contributed by atoms with van der Waals surface area (Å²) in [6.07, 6.45) is 3.87. The maximum absolute atomic E-state index is 12.5. The molecule has 0 saturated heterocycles. The lowest BCUT2D eigenvalue weighted by atomic mass is 9.85. The maximum Gasteiger partial charge on any atom is 0.223 e. The van der Waals surface area contributed by atoms with E-state index in [1.54, 1.807) is 0 Å². The molecule has 2 aromatic carbocycles. The Hall–Kier alpha value is -2.13. The van der Waals surface area contributed by atoms with Crippen LogP contribution in [0.3, 0.4) is 0 Å². The van der Waals surface area contributed by atoms with E-state index in [4.69, 9.17) is 5.73 Å². The van der Waals surface area contributed by atoms with Crippen molar-refractivity contribution in [1.29, 1.82) is 0 Å². The molecule has 1 amide bonds. The fraction of sp³-hybridized carbons (Fsp3) is 0.381. The summed E-state index contributed by atoms with van der Waals surface area (Å²) < 4.78 is 0. The first-order valence-electron chi connectivity index (χ1n) is 8.87.